The molecule has 0 aliphatic rings. The molecule has 1 rings (SSSR count). The van der Waals surface area contributed by atoms with Gasteiger partial charge in [0.2, 0.25) is 20.0 Å². The average Bonchev–Trinajstić information content (AvgIpc) is 2.61. The third kappa shape index (κ3) is 5.19. The summed E-state index contributed by atoms with van der Waals surface area (Å²) in [6, 6.07) is 2.46. The third-order valence-electron chi connectivity index (χ3n) is 2.22. The van der Waals surface area contributed by atoms with Crippen molar-refractivity contribution in [2.45, 2.75) is 31.0 Å². The minimum Gasteiger partial charge on any atom is -0.224 e. The first kappa shape index (κ1) is 16.6. The largest absolute Gasteiger partial charge is 0.247 e. The van der Waals surface area contributed by atoms with Crippen LogP contribution in [0.2, 0.25) is 0 Å². The van der Waals surface area contributed by atoms with Gasteiger partial charge in [0.1, 0.15) is 4.21 Å². The lowest BCUT2D eigenvalue weighted by Crippen LogP contribution is -2.30. The molecule has 0 aliphatic carbocycles. The zero-order valence-electron chi connectivity index (χ0n) is 11.0. The molecule has 0 saturated carbocycles. The fourth-order valence-electron chi connectivity index (χ4n) is 1.53. The maximum Gasteiger partial charge on any atom is 0.247 e. The second kappa shape index (κ2) is 5.88. The summed E-state index contributed by atoms with van der Waals surface area (Å²) >= 11 is 0.968. The first-order chi connectivity index (χ1) is 8.51. The van der Waals surface area contributed by atoms with Crippen molar-refractivity contribution in [2.75, 3.05) is 5.75 Å². The van der Waals surface area contributed by atoms with Crippen molar-refractivity contribution in [3.05, 3.63) is 17.0 Å². The number of hydrogen-bond acceptors (Lipinski definition) is 5. The number of nitrogens with one attached hydrogen (secondary N) is 1. The summed E-state index contributed by atoms with van der Waals surface area (Å²) < 4.78 is 48.4. The zero-order valence-corrected chi connectivity index (χ0v) is 13.4. The number of nitrogens with two attached hydrogens (primary N) is 1. The van der Waals surface area contributed by atoms with Gasteiger partial charge < -0.3 is 0 Å². The minimum atomic E-state index is -3.74. The highest BCUT2D eigenvalue weighted by Gasteiger charge is 2.20. The molecule has 9 heteroatoms. The van der Waals surface area contributed by atoms with Gasteiger partial charge in [-0.2, -0.15) is 0 Å². The fourth-order valence-corrected chi connectivity index (χ4v) is 5.00. The lowest BCUT2D eigenvalue weighted by molar-refractivity contribution is 0.556. The van der Waals surface area contributed by atoms with Gasteiger partial charge >= 0.3 is 0 Å². The van der Waals surface area contributed by atoms with Crippen molar-refractivity contribution < 1.29 is 16.8 Å². The van der Waals surface area contributed by atoms with Crippen LogP contribution in [0, 0.1) is 5.92 Å². The number of rotatable bonds is 6. The molecular formula is C10H18N2O4S3. The van der Waals surface area contributed by atoms with E-state index >= 15 is 0 Å². The zero-order chi connectivity index (χ0) is 14.8. The van der Waals surface area contributed by atoms with Crippen LogP contribution in [-0.2, 0) is 20.0 Å². The molecule has 0 spiro atoms. The van der Waals surface area contributed by atoms with Gasteiger partial charge in [0.25, 0.3) is 0 Å². The number of thiophene rings is 1. The first-order valence-electron chi connectivity index (χ1n) is 5.64. The lowest BCUT2D eigenvalue weighted by atomic mass is 10.3. The van der Waals surface area contributed by atoms with E-state index in [0.29, 0.717) is 4.88 Å². The summed E-state index contributed by atoms with van der Waals surface area (Å²) in [7, 11) is -7.12. The van der Waals surface area contributed by atoms with E-state index < -0.39 is 26.1 Å². The molecule has 0 aliphatic heterocycles. The van der Waals surface area contributed by atoms with E-state index in [1.807, 2.05) is 13.8 Å². The van der Waals surface area contributed by atoms with E-state index in [1.165, 1.54) is 6.07 Å². The maximum absolute atomic E-state index is 11.8. The smallest absolute Gasteiger partial charge is 0.224 e. The van der Waals surface area contributed by atoms with Gasteiger partial charge in [-0.25, -0.2) is 26.7 Å². The van der Waals surface area contributed by atoms with Gasteiger partial charge in [-0.1, -0.05) is 13.8 Å². The van der Waals surface area contributed by atoms with E-state index in [0.717, 1.165) is 11.3 Å². The summed E-state index contributed by atoms with van der Waals surface area (Å²) in [5.41, 5.74) is 0. The summed E-state index contributed by atoms with van der Waals surface area (Å²) in [5.74, 6) is 0.0538. The second-order valence-electron chi connectivity index (χ2n) is 4.72. The van der Waals surface area contributed by atoms with Gasteiger partial charge in [0, 0.05) is 4.88 Å². The molecule has 0 saturated heterocycles. The highest BCUT2D eigenvalue weighted by Crippen LogP contribution is 2.26. The van der Waals surface area contributed by atoms with Crippen molar-refractivity contribution in [1.82, 2.24) is 4.72 Å². The molecule has 1 aromatic heterocycles. The van der Waals surface area contributed by atoms with E-state index in [1.54, 1.807) is 13.0 Å². The van der Waals surface area contributed by atoms with Gasteiger partial charge in [0.05, 0.1) is 11.8 Å². The number of hydrogen-bond donors (Lipinski definition) is 2. The first-order valence-corrected chi connectivity index (χ1v) is 9.65. The predicted octanol–water partition coefficient (Wildman–Crippen LogP) is 1.03. The van der Waals surface area contributed by atoms with Crippen LogP contribution in [0.5, 0.6) is 0 Å². The van der Waals surface area contributed by atoms with Crippen LogP contribution in [-0.4, -0.2) is 22.6 Å². The van der Waals surface area contributed by atoms with E-state index in [2.05, 4.69) is 4.72 Å². The predicted molar refractivity (Wildman–Crippen MR) is 75.9 cm³/mol. The Balaban J connectivity index is 2.85. The highest BCUT2D eigenvalue weighted by atomic mass is 32.2. The van der Waals surface area contributed by atoms with Gasteiger partial charge in [-0.3, -0.25) is 0 Å². The van der Waals surface area contributed by atoms with Crippen LogP contribution in [0.1, 0.15) is 31.7 Å². The molecule has 1 heterocycles. The van der Waals surface area contributed by atoms with E-state index in [4.69, 9.17) is 5.14 Å². The van der Waals surface area contributed by atoms with Crippen LogP contribution in [0.3, 0.4) is 0 Å². The molecule has 3 N–H and O–H groups in total. The number of primary sulfonamides is 1. The fraction of sp³-hybridized carbons (Fsp3) is 0.600. The van der Waals surface area contributed by atoms with Crippen molar-refractivity contribution in [2.24, 2.45) is 11.1 Å². The number of sulfonamides is 2. The standard InChI is InChI=1S/C10H18N2O4S3/c1-7(2)6-18(13,14)12-8(3)9-4-5-10(17-9)19(11,15)16/h4-5,7-8,12H,6H2,1-3H3,(H2,11,15,16). The second-order valence-corrected chi connectivity index (χ2v) is 9.42. The average molecular weight is 326 g/mol. The Labute approximate surface area is 118 Å². The summed E-state index contributed by atoms with van der Waals surface area (Å²) in [5, 5.41) is 5.01. The molecule has 0 radical (unpaired) electrons. The maximum atomic E-state index is 11.8. The Bertz CT molecular complexity index is 631. The third-order valence-corrected chi connectivity index (χ3v) is 6.74. The quantitative estimate of drug-likeness (QED) is 0.814. The van der Waals surface area contributed by atoms with Gasteiger partial charge in [-0.15, -0.1) is 11.3 Å². The van der Waals surface area contributed by atoms with Crippen LogP contribution in [0.15, 0.2) is 16.3 Å². The Morgan fingerprint density at radius 2 is 1.79 bits per heavy atom. The molecular weight excluding hydrogens is 308 g/mol. The van der Waals surface area contributed by atoms with Crippen molar-refractivity contribution >= 4 is 31.4 Å². The summed E-state index contributed by atoms with van der Waals surface area (Å²) in [6.07, 6.45) is 0. The summed E-state index contributed by atoms with van der Waals surface area (Å²) in [6.45, 7) is 5.29. The molecule has 1 atom stereocenters. The van der Waals surface area contributed by atoms with E-state index in [9.17, 15) is 16.8 Å². The highest BCUT2D eigenvalue weighted by molar-refractivity contribution is 7.91. The van der Waals surface area contributed by atoms with Gasteiger partial charge in [-0.05, 0) is 25.0 Å². The normalized spacial score (nSPS) is 14.8. The topological polar surface area (TPSA) is 106 Å². The van der Waals surface area contributed by atoms with E-state index in [-0.39, 0.29) is 15.9 Å². The Morgan fingerprint density at radius 3 is 2.21 bits per heavy atom. The molecule has 0 aromatic carbocycles. The molecule has 19 heavy (non-hydrogen) atoms. The molecule has 0 amide bonds. The Morgan fingerprint density at radius 1 is 1.21 bits per heavy atom. The molecule has 6 nitrogen and oxygen atoms in total. The Hall–Kier alpha value is -0.480. The van der Waals surface area contributed by atoms with Gasteiger partial charge in [0.15, 0.2) is 0 Å². The monoisotopic (exact) mass is 326 g/mol. The molecule has 0 bridgehead atoms. The molecule has 1 unspecified atom stereocenters. The molecule has 0 fully saturated rings. The van der Waals surface area contributed by atoms with Crippen LogP contribution >= 0.6 is 11.3 Å². The van der Waals surface area contributed by atoms with Crippen LogP contribution < -0.4 is 9.86 Å². The lowest BCUT2D eigenvalue weighted by Gasteiger charge is -2.13. The SMILES string of the molecule is CC(C)CS(=O)(=O)NC(C)c1ccc(S(N)(=O)=O)s1. The molecule has 1 aromatic rings. The molecule has 110 valence electrons. The van der Waals surface area contributed by atoms with Crippen molar-refractivity contribution in [3.63, 3.8) is 0 Å². The summed E-state index contributed by atoms with van der Waals surface area (Å²) in [4.78, 5) is 0.608. The van der Waals surface area contributed by atoms with Crippen molar-refractivity contribution in [1.29, 1.82) is 0 Å². The van der Waals surface area contributed by atoms with Crippen LogP contribution in [0.4, 0.5) is 0 Å². The Kier molecular flexibility index (Phi) is 5.13. The van der Waals surface area contributed by atoms with Crippen LogP contribution in [0.25, 0.3) is 0 Å². The van der Waals surface area contributed by atoms with Crippen molar-refractivity contribution in [3.8, 4) is 0 Å². The minimum absolute atomic E-state index is 0.0213.